The first kappa shape index (κ1) is 28.2. The maximum atomic E-state index is 10.5. The van der Waals surface area contributed by atoms with Crippen molar-refractivity contribution in [1.29, 1.82) is 0 Å². The van der Waals surface area contributed by atoms with E-state index < -0.39 is 30.7 Å². The number of hydrogen-bond donors (Lipinski definition) is 4. The molecule has 7 aliphatic rings. The molecule has 7 nitrogen and oxygen atoms in total. The minimum Gasteiger partial charge on any atom is -0.388 e. The number of allylic oxidation sites excluding steroid dienone is 1. The van der Waals surface area contributed by atoms with Gasteiger partial charge in [-0.25, -0.2) is 0 Å². The molecule has 4 aliphatic carbocycles. The molecule has 0 radical (unpaired) electrons. The van der Waals surface area contributed by atoms with E-state index in [1.807, 2.05) is 0 Å². The molecule has 3 heterocycles. The van der Waals surface area contributed by atoms with Crippen molar-refractivity contribution in [3.63, 3.8) is 0 Å². The Bertz CT molecular complexity index is 1010. The molecule has 0 amide bonds. The largest absolute Gasteiger partial charge is 0.388 e. The van der Waals surface area contributed by atoms with Crippen LogP contribution >= 0.6 is 0 Å². The summed E-state index contributed by atoms with van der Waals surface area (Å²) in [5, 5.41) is 34.7. The monoisotopic (exact) mass is 559 g/mol. The minimum absolute atomic E-state index is 0.0407. The second-order valence-electron chi connectivity index (χ2n) is 15.6. The second-order valence-corrected chi connectivity index (χ2v) is 15.6. The Labute approximate surface area is 240 Å². The van der Waals surface area contributed by atoms with Gasteiger partial charge in [0.2, 0.25) is 0 Å². The lowest BCUT2D eigenvalue weighted by Gasteiger charge is -2.59. The van der Waals surface area contributed by atoms with Crippen molar-refractivity contribution in [1.82, 2.24) is 5.32 Å². The molecule has 3 aliphatic heterocycles. The number of fused-ring (bicyclic) bond motifs is 7. The van der Waals surface area contributed by atoms with E-state index in [0.717, 1.165) is 56.4 Å². The molecular weight excluding hydrogens is 506 g/mol. The smallest absolute Gasteiger partial charge is 0.186 e. The van der Waals surface area contributed by atoms with Gasteiger partial charge < -0.3 is 29.5 Å². The van der Waals surface area contributed by atoms with E-state index in [9.17, 15) is 15.3 Å². The zero-order valence-corrected chi connectivity index (χ0v) is 25.2. The Kier molecular flexibility index (Phi) is 6.87. The van der Waals surface area contributed by atoms with Crippen molar-refractivity contribution in [3.8, 4) is 0 Å². The Morgan fingerprint density at radius 1 is 0.950 bits per heavy atom. The van der Waals surface area contributed by atoms with Gasteiger partial charge in [0.1, 0.15) is 24.0 Å². The third-order valence-corrected chi connectivity index (χ3v) is 13.7. The van der Waals surface area contributed by atoms with Gasteiger partial charge in [-0.05, 0) is 105 Å². The number of ether oxygens (including phenoxy) is 3. The molecule has 226 valence electrons. The van der Waals surface area contributed by atoms with Gasteiger partial charge in [0.25, 0.3) is 0 Å². The molecule has 3 saturated heterocycles. The van der Waals surface area contributed by atoms with E-state index in [4.69, 9.17) is 14.2 Å². The van der Waals surface area contributed by atoms with Gasteiger partial charge in [-0.1, -0.05) is 39.3 Å². The first-order chi connectivity index (χ1) is 19.0. The van der Waals surface area contributed by atoms with Crippen LogP contribution in [0.15, 0.2) is 11.6 Å². The maximum Gasteiger partial charge on any atom is 0.186 e. The molecule has 7 rings (SSSR count). The van der Waals surface area contributed by atoms with Crippen LogP contribution in [0.2, 0.25) is 0 Å². The average molecular weight is 560 g/mol. The Balaban J connectivity index is 1.06. The molecule has 0 aromatic rings. The van der Waals surface area contributed by atoms with Crippen molar-refractivity contribution >= 4 is 0 Å². The lowest BCUT2D eigenvalue weighted by Crippen LogP contribution is -2.58. The van der Waals surface area contributed by atoms with E-state index in [2.05, 4.69) is 39.1 Å². The molecule has 5 unspecified atom stereocenters. The summed E-state index contributed by atoms with van der Waals surface area (Å²) in [6.45, 7) is 12.8. The SMILES string of the molecule is CC1OC(O[C@H]2CC[C@@]3(C)C(=CC[C@H]4[C@@H]5C[C@@H]6O[C@]7(CC[C@H](C)CN7)[C@@H](C)[C@@H]6[C@@]5(C)CC[C@@H]43)C2)C(O)C(O)C1O. The van der Waals surface area contributed by atoms with Crippen LogP contribution < -0.4 is 5.32 Å². The summed E-state index contributed by atoms with van der Waals surface area (Å²) in [6.07, 6.45) is 8.12. The summed E-state index contributed by atoms with van der Waals surface area (Å²) in [5.41, 5.74) is 1.98. The van der Waals surface area contributed by atoms with Crippen LogP contribution in [0.4, 0.5) is 0 Å². The first-order valence-electron chi connectivity index (χ1n) is 16.4. The number of aliphatic hydroxyl groups excluding tert-OH is 3. The predicted molar refractivity (Wildman–Crippen MR) is 151 cm³/mol. The number of aliphatic hydroxyl groups is 3. The molecular formula is C33H53NO6. The number of rotatable bonds is 2. The zero-order chi connectivity index (χ0) is 28.2. The van der Waals surface area contributed by atoms with Gasteiger partial charge in [0, 0.05) is 12.5 Å². The molecule has 7 heteroatoms. The fraction of sp³-hybridized carbons (Fsp3) is 0.939. The van der Waals surface area contributed by atoms with Gasteiger partial charge >= 0.3 is 0 Å². The van der Waals surface area contributed by atoms with Gasteiger partial charge in [-0.2, -0.15) is 0 Å². The van der Waals surface area contributed by atoms with E-state index in [1.165, 1.54) is 31.3 Å². The highest BCUT2D eigenvalue weighted by Crippen LogP contribution is 2.70. The van der Waals surface area contributed by atoms with Crippen LogP contribution in [0.5, 0.6) is 0 Å². The lowest BCUT2D eigenvalue weighted by molar-refractivity contribution is -0.305. The first-order valence-corrected chi connectivity index (χ1v) is 16.4. The van der Waals surface area contributed by atoms with E-state index in [-0.39, 0.29) is 17.2 Å². The molecule has 0 aromatic heterocycles. The molecule has 4 N–H and O–H groups in total. The van der Waals surface area contributed by atoms with Gasteiger partial charge in [-0.3, -0.25) is 5.32 Å². The van der Waals surface area contributed by atoms with Gasteiger partial charge in [-0.15, -0.1) is 0 Å². The highest BCUT2D eigenvalue weighted by molar-refractivity contribution is 5.26. The summed E-state index contributed by atoms with van der Waals surface area (Å²) in [6, 6.07) is 0. The number of hydrogen-bond acceptors (Lipinski definition) is 7. The van der Waals surface area contributed by atoms with Crippen molar-refractivity contribution in [3.05, 3.63) is 11.6 Å². The fourth-order valence-electron chi connectivity index (χ4n) is 11.3. The van der Waals surface area contributed by atoms with Crippen LogP contribution in [0.25, 0.3) is 0 Å². The Morgan fingerprint density at radius 3 is 2.50 bits per heavy atom. The summed E-state index contributed by atoms with van der Waals surface area (Å²) in [5.74, 6) is 4.12. The van der Waals surface area contributed by atoms with Gasteiger partial charge in [0.05, 0.1) is 18.3 Å². The standard InChI is InChI=1S/C33H53NO6/c1-17-8-13-33(34-16-17)18(2)26-25(40-33)15-24-22-7-6-20-14-21(39-30-29(37)28(36)27(35)19(3)38-30)9-11-31(20,4)23(22)10-12-32(24,26)5/h6,17-19,21-30,34-37H,7-16H2,1-5H3/t17-,18-,19?,21-,22+,23-,24-,25-,26-,27?,28?,29?,30?,31-,32-,33+/m0/s1. The highest BCUT2D eigenvalue weighted by atomic mass is 16.7. The fourth-order valence-corrected chi connectivity index (χ4v) is 11.3. The molecule has 3 saturated carbocycles. The molecule has 0 bridgehead atoms. The second kappa shape index (κ2) is 9.73. The van der Waals surface area contributed by atoms with Crippen LogP contribution in [0.3, 0.4) is 0 Å². The summed E-state index contributed by atoms with van der Waals surface area (Å²) < 4.78 is 19.1. The topological polar surface area (TPSA) is 100 Å². The van der Waals surface area contributed by atoms with E-state index in [1.54, 1.807) is 6.92 Å². The Hall–Kier alpha value is -0.540. The normalized spacial score (nSPS) is 59.5. The summed E-state index contributed by atoms with van der Waals surface area (Å²) in [4.78, 5) is 0. The average Bonchev–Trinajstić information content (AvgIpc) is 3.37. The van der Waals surface area contributed by atoms with Crippen LogP contribution in [0, 0.1) is 46.3 Å². The van der Waals surface area contributed by atoms with E-state index in [0.29, 0.717) is 29.3 Å². The third kappa shape index (κ3) is 4.01. The molecule has 1 spiro atoms. The molecule has 40 heavy (non-hydrogen) atoms. The third-order valence-electron chi connectivity index (χ3n) is 13.7. The number of piperidine rings is 1. The van der Waals surface area contributed by atoms with Gasteiger partial charge in [0.15, 0.2) is 6.29 Å². The van der Waals surface area contributed by atoms with Crippen molar-refractivity contribution in [2.45, 2.75) is 141 Å². The van der Waals surface area contributed by atoms with Crippen molar-refractivity contribution in [2.24, 2.45) is 46.3 Å². The molecule has 6 fully saturated rings. The lowest BCUT2D eigenvalue weighted by atomic mass is 9.47. The minimum atomic E-state index is -1.25. The quantitative estimate of drug-likeness (QED) is 0.378. The molecule has 0 aromatic carbocycles. The predicted octanol–water partition coefficient (Wildman–Crippen LogP) is 4.14. The summed E-state index contributed by atoms with van der Waals surface area (Å²) in [7, 11) is 0. The van der Waals surface area contributed by atoms with Crippen molar-refractivity contribution < 1.29 is 29.5 Å². The zero-order valence-electron chi connectivity index (χ0n) is 25.2. The van der Waals surface area contributed by atoms with Crippen molar-refractivity contribution in [2.75, 3.05) is 6.54 Å². The van der Waals surface area contributed by atoms with E-state index >= 15 is 0 Å². The summed E-state index contributed by atoms with van der Waals surface area (Å²) >= 11 is 0. The maximum absolute atomic E-state index is 10.5. The van der Waals surface area contributed by atoms with Crippen LogP contribution in [-0.2, 0) is 14.2 Å². The van der Waals surface area contributed by atoms with Crippen LogP contribution in [0.1, 0.15) is 92.4 Å². The molecule has 16 atom stereocenters. The highest BCUT2D eigenvalue weighted by Gasteiger charge is 2.68. The number of nitrogens with one attached hydrogen (secondary N) is 1. The Morgan fingerprint density at radius 2 is 1.75 bits per heavy atom. The van der Waals surface area contributed by atoms with Crippen LogP contribution in [-0.4, -0.2) is 70.5 Å².